The van der Waals surface area contributed by atoms with Crippen molar-refractivity contribution in [1.29, 1.82) is 0 Å². The maximum Gasteiger partial charge on any atom is 0.313 e. The molecule has 2 nitrogen and oxygen atoms in total. The molecule has 0 radical (unpaired) electrons. The molecular weight excluding hydrogens is 304 g/mol. The second kappa shape index (κ2) is 6.63. The van der Waals surface area contributed by atoms with Crippen molar-refractivity contribution in [2.45, 2.75) is 12.8 Å². The zero-order valence-corrected chi connectivity index (χ0v) is 14.2. The minimum Gasteiger partial charge on any atom is -0.469 e. The van der Waals surface area contributed by atoms with Crippen LogP contribution in [0.25, 0.3) is 4.91 Å². The Hall–Kier alpha value is -2.00. The average Bonchev–Trinajstić information content (AvgIpc) is 2.63. The summed E-state index contributed by atoms with van der Waals surface area (Å²) in [5, 5.41) is 0. The monoisotopic (exact) mass is 324 g/mol. The molecule has 0 bridgehead atoms. The molecule has 3 rings (SSSR count). The van der Waals surface area contributed by atoms with E-state index in [-0.39, 0.29) is 11.9 Å². The second-order valence-electron chi connectivity index (χ2n) is 5.98. The van der Waals surface area contributed by atoms with Crippen molar-refractivity contribution in [3.05, 3.63) is 77.9 Å². The minimum atomic E-state index is -0.556. The highest BCUT2D eigenvalue weighted by molar-refractivity contribution is 8.08. The molecule has 3 heteroatoms. The maximum absolute atomic E-state index is 12.5. The molecule has 0 spiro atoms. The van der Waals surface area contributed by atoms with Crippen LogP contribution in [0, 0.1) is 5.41 Å². The van der Waals surface area contributed by atoms with Gasteiger partial charge in [0.05, 0.1) is 12.5 Å². The van der Waals surface area contributed by atoms with Crippen LogP contribution in [-0.4, -0.2) is 18.8 Å². The first kappa shape index (κ1) is 15.9. The van der Waals surface area contributed by atoms with Crippen molar-refractivity contribution in [3.63, 3.8) is 0 Å². The highest BCUT2D eigenvalue weighted by Gasteiger charge is 2.44. The molecule has 0 fully saturated rings. The lowest BCUT2D eigenvalue weighted by Crippen LogP contribution is -2.39. The normalized spacial score (nSPS) is 23.9. The third-order valence-electron chi connectivity index (χ3n) is 4.40. The molecule has 0 N–H and O–H groups in total. The molecule has 0 saturated heterocycles. The molecule has 2 unspecified atom stereocenters. The lowest BCUT2D eigenvalue weighted by molar-refractivity contribution is -0.151. The first-order chi connectivity index (χ1) is 11.1. The Labute approximate surface area is 141 Å². The van der Waals surface area contributed by atoms with E-state index >= 15 is 0 Å². The largest absolute Gasteiger partial charge is 0.469 e. The molecule has 0 aromatic heterocycles. The number of carbonyl (C=O) groups excluding carboxylic acids is 1. The number of benzene rings is 2. The van der Waals surface area contributed by atoms with Crippen LogP contribution in [0.1, 0.15) is 24.0 Å². The Morgan fingerprint density at radius 2 is 1.70 bits per heavy atom. The van der Waals surface area contributed by atoms with Gasteiger partial charge in [0, 0.05) is 16.6 Å². The van der Waals surface area contributed by atoms with Gasteiger partial charge in [0.25, 0.3) is 0 Å². The number of carbonyl (C=O) groups is 1. The Kier molecular flexibility index (Phi) is 4.58. The van der Waals surface area contributed by atoms with Crippen LogP contribution in [0.5, 0.6) is 0 Å². The van der Waals surface area contributed by atoms with E-state index in [1.807, 2.05) is 43.3 Å². The van der Waals surface area contributed by atoms with Gasteiger partial charge < -0.3 is 4.74 Å². The zero-order chi connectivity index (χ0) is 16.3. The molecule has 0 aliphatic carbocycles. The SMILES string of the molecule is COC(=O)C1(C)CSC(c2ccccc2)=CC1c1ccccc1. The molecule has 23 heavy (non-hydrogen) atoms. The maximum atomic E-state index is 12.5. The summed E-state index contributed by atoms with van der Waals surface area (Å²) in [7, 11) is 1.47. The molecule has 0 amide bonds. The zero-order valence-electron chi connectivity index (χ0n) is 13.4. The van der Waals surface area contributed by atoms with Crippen molar-refractivity contribution in [1.82, 2.24) is 0 Å². The van der Waals surface area contributed by atoms with Gasteiger partial charge in [-0.15, -0.1) is 11.8 Å². The summed E-state index contributed by atoms with van der Waals surface area (Å²) < 4.78 is 5.10. The van der Waals surface area contributed by atoms with Crippen LogP contribution in [-0.2, 0) is 9.53 Å². The van der Waals surface area contributed by atoms with Gasteiger partial charge in [0.2, 0.25) is 0 Å². The third-order valence-corrected chi connectivity index (χ3v) is 5.83. The van der Waals surface area contributed by atoms with E-state index in [9.17, 15) is 4.79 Å². The molecule has 1 aliphatic rings. The molecular formula is C20H20O2S. The van der Waals surface area contributed by atoms with E-state index in [2.05, 4.69) is 30.3 Å². The van der Waals surface area contributed by atoms with Crippen molar-refractivity contribution in [3.8, 4) is 0 Å². The van der Waals surface area contributed by atoms with Gasteiger partial charge >= 0.3 is 5.97 Å². The summed E-state index contributed by atoms with van der Waals surface area (Å²) in [6.45, 7) is 2.00. The van der Waals surface area contributed by atoms with Gasteiger partial charge in [-0.2, -0.15) is 0 Å². The van der Waals surface area contributed by atoms with E-state index in [0.29, 0.717) is 5.75 Å². The predicted molar refractivity (Wildman–Crippen MR) is 96.2 cm³/mol. The van der Waals surface area contributed by atoms with Crippen LogP contribution in [0.4, 0.5) is 0 Å². The summed E-state index contributed by atoms with van der Waals surface area (Å²) in [5.41, 5.74) is 1.79. The standard InChI is InChI=1S/C20H20O2S/c1-20(19(21)22-2)14-23-18(16-11-7-4-8-12-16)13-17(20)15-9-5-3-6-10-15/h3-13,17H,14H2,1-2H3. The number of rotatable bonds is 3. The van der Waals surface area contributed by atoms with Crippen LogP contribution in [0.3, 0.4) is 0 Å². The van der Waals surface area contributed by atoms with Gasteiger partial charge in [-0.25, -0.2) is 0 Å². The fourth-order valence-corrected chi connectivity index (χ4v) is 4.31. The van der Waals surface area contributed by atoms with E-state index in [0.717, 1.165) is 5.56 Å². The summed E-state index contributed by atoms with van der Waals surface area (Å²) in [5.74, 6) is 0.565. The van der Waals surface area contributed by atoms with Gasteiger partial charge in [0.15, 0.2) is 0 Å². The number of allylic oxidation sites excluding steroid dienone is 1. The quantitative estimate of drug-likeness (QED) is 0.763. The topological polar surface area (TPSA) is 26.3 Å². The van der Waals surface area contributed by atoms with Crippen molar-refractivity contribution < 1.29 is 9.53 Å². The van der Waals surface area contributed by atoms with E-state index < -0.39 is 5.41 Å². The molecule has 118 valence electrons. The Bertz CT molecular complexity index is 709. The highest BCUT2D eigenvalue weighted by Crippen LogP contribution is 2.49. The predicted octanol–water partition coefficient (Wildman–Crippen LogP) is 4.74. The van der Waals surface area contributed by atoms with Crippen LogP contribution in [0.15, 0.2) is 66.7 Å². The number of esters is 1. The number of hydrogen-bond donors (Lipinski definition) is 0. The van der Waals surface area contributed by atoms with E-state index in [1.165, 1.54) is 17.6 Å². The number of thioether (sulfide) groups is 1. The molecule has 2 aromatic carbocycles. The molecule has 2 aromatic rings. The molecule has 1 heterocycles. The van der Waals surface area contributed by atoms with Gasteiger partial charge in [0.1, 0.15) is 0 Å². The summed E-state index contributed by atoms with van der Waals surface area (Å²) >= 11 is 1.73. The van der Waals surface area contributed by atoms with Gasteiger partial charge in [-0.1, -0.05) is 66.7 Å². The summed E-state index contributed by atoms with van der Waals surface area (Å²) in [6, 6.07) is 20.5. The van der Waals surface area contributed by atoms with Gasteiger partial charge in [-0.05, 0) is 18.1 Å². The number of ether oxygens (including phenoxy) is 1. The van der Waals surface area contributed by atoms with Crippen molar-refractivity contribution in [2.75, 3.05) is 12.9 Å². The summed E-state index contributed by atoms with van der Waals surface area (Å²) in [4.78, 5) is 13.7. The van der Waals surface area contributed by atoms with Gasteiger partial charge in [-0.3, -0.25) is 4.79 Å². The first-order valence-electron chi connectivity index (χ1n) is 7.68. The summed E-state index contributed by atoms with van der Waals surface area (Å²) in [6.07, 6.45) is 2.22. The fourth-order valence-electron chi connectivity index (χ4n) is 3.03. The third kappa shape index (κ3) is 3.06. The number of hydrogen-bond acceptors (Lipinski definition) is 3. The molecule has 0 saturated carbocycles. The van der Waals surface area contributed by atoms with E-state index in [4.69, 9.17) is 4.74 Å². The Morgan fingerprint density at radius 1 is 1.09 bits per heavy atom. The number of methoxy groups -OCH3 is 1. The fraction of sp³-hybridized carbons (Fsp3) is 0.250. The lowest BCUT2D eigenvalue weighted by Gasteiger charge is -2.37. The van der Waals surface area contributed by atoms with Crippen LogP contribution in [0.2, 0.25) is 0 Å². The van der Waals surface area contributed by atoms with Crippen LogP contribution < -0.4 is 0 Å². The Morgan fingerprint density at radius 3 is 2.30 bits per heavy atom. The minimum absolute atomic E-state index is 0.00704. The van der Waals surface area contributed by atoms with E-state index in [1.54, 1.807) is 11.8 Å². The lowest BCUT2D eigenvalue weighted by atomic mass is 9.74. The van der Waals surface area contributed by atoms with Crippen molar-refractivity contribution in [2.24, 2.45) is 5.41 Å². The molecule has 1 aliphatic heterocycles. The second-order valence-corrected chi connectivity index (χ2v) is 7.00. The van der Waals surface area contributed by atoms with Crippen LogP contribution >= 0.6 is 11.8 Å². The molecule has 2 atom stereocenters. The van der Waals surface area contributed by atoms with Crippen molar-refractivity contribution >= 4 is 22.6 Å². The smallest absolute Gasteiger partial charge is 0.313 e. The first-order valence-corrected chi connectivity index (χ1v) is 8.67. The highest BCUT2D eigenvalue weighted by atomic mass is 32.2. The Balaban J connectivity index is 2.07. The average molecular weight is 324 g/mol.